The van der Waals surface area contributed by atoms with Crippen LogP contribution in [-0.2, 0) is 9.59 Å². The van der Waals surface area contributed by atoms with E-state index in [0.29, 0.717) is 22.6 Å². The van der Waals surface area contributed by atoms with E-state index in [1.165, 1.54) is 35.1 Å². The largest absolute Gasteiger partial charge is 0.324 e. The number of anilines is 2. The third-order valence-corrected chi connectivity index (χ3v) is 4.66. The van der Waals surface area contributed by atoms with E-state index in [1.807, 2.05) is 0 Å². The van der Waals surface area contributed by atoms with Crippen LogP contribution in [0, 0.1) is 11.6 Å². The Labute approximate surface area is 163 Å². The minimum Gasteiger partial charge on any atom is -0.324 e. The summed E-state index contributed by atoms with van der Waals surface area (Å²) < 4.78 is 27.9. The molecule has 1 aromatic heterocycles. The van der Waals surface area contributed by atoms with Crippen molar-refractivity contribution in [2.45, 2.75) is 12.5 Å². The number of aromatic nitrogens is 2. The standard InChI is InChI=1S/C19H13ClF2N4O2/c20-14-7-12(5-6-15(14)22)24-19(28)16-8-17(27)25-18-13(9-23-26(16)18)10-1-3-11(21)4-2-10/h1-7,9,16H,8H2,(H,24,28)(H,25,27). The molecule has 2 aromatic carbocycles. The second-order valence-electron chi connectivity index (χ2n) is 6.24. The highest BCUT2D eigenvalue weighted by Gasteiger charge is 2.33. The molecule has 2 N–H and O–H groups in total. The highest BCUT2D eigenvalue weighted by Crippen LogP contribution is 2.34. The molecule has 0 radical (unpaired) electrons. The molecule has 4 rings (SSSR count). The molecule has 2 heterocycles. The lowest BCUT2D eigenvalue weighted by Gasteiger charge is -2.24. The van der Waals surface area contributed by atoms with E-state index >= 15 is 0 Å². The first-order valence-corrected chi connectivity index (χ1v) is 8.69. The third-order valence-electron chi connectivity index (χ3n) is 4.37. The summed E-state index contributed by atoms with van der Waals surface area (Å²) in [6.07, 6.45) is 1.39. The smallest absolute Gasteiger partial charge is 0.249 e. The van der Waals surface area contributed by atoms with Gasteiger partial charge in [0.2, 0.25) is 11.8 Å². The Bertz CT molecular complexity index is 1080. The Morgan fingerprint density at radius 3 is 2.68 bits per heavy atom. The summed E-state index contributed by atoms with van der Waals surface area (Å²) in [5.41, 5.74) is 1.51. The van der Waals surface area contributed by atoms with Crippen LogP contribution in [0.25, 0.3) is 11.1 Å². The summed E-state index contributed by atoms with van der Waals surface area (Å²) >= 11 is 5.73. The molecule has 0 aliphatic carbocycles. The molecule has 1 aliphatic rings. The molecule has 1 unspecified atom stereocenters. The highest BCUT2D eigenvalue weighted by atomic mass is 35.5. The maximum Gasteiger partial charge on any atom is 0.249 e. The first-order chi connectivity index (χ1) is 13.4. The van der Waals surface area contributed by atoms with Crippen molar-refractivity contribution in [2.75, 3.05) is 10.6 Å². The fraction of sp³-hybridized carbons (Fsp3) is 0.105. The van der Waals surface area contributed by atoms with E-state index in [2.05, 4.69) is 15.7 Å². The fourth-order valence-corrected chi connectivity index (χ4v) is 3.19. The lowest BCUT2D eigenvalue weighted by Crippen LogP contribution is -2.35. The maximum absolute atomic E-state index is 13.3. The van der Waals surface area contributed by atoms with Gasteiger partial charge in [-0.05, 0) is 35.9 Å². The Morgan fingerprint density at radius 1 is 1.21 bits per heavy atom. The zero-order chi connectivity index (χ0) is 19.8. The first-order valence-electron chi connectivity index (χ1n) is 8.31. The summed E-state index contributed by atoms with van der Waals surface area (Å²) in [6, 6.07) is 8.60. The first kappa shape index (κ1) is 18.1. The van der Waals surface area contributed by atoms with Crippen LogP contribution in [0.5, 0.6) is 0 Å². The number of amides is 2. The average molecular weight is 403 g/mol. The van der Waals surface area contributed by atoms with Crippen LogP contribution in [0.15, 0.2) is 48.7 Å². The second kappa shape index (κ2) is 7.05. The van der Waals surface area contributed by atoms with Crippen molar-refractivity contribution in [3.8, 4) is 11.1 Å². The molecule has 3 aromatic rings. The van der Waals surface area contributed by atoms with Crippen LogP contribution in [0.3, 0.4) is 0 Å². The van der Waals surface area contributed by atoms with Gasteiger partial charge in [-0.15, -0.1) is 0 Å². The zero-order valence-electron chi connectivity index (χ0n) is 14.2. The van der Waals surface area contributed by atoms with Gasteiger partial charge in [-0.2, -0.15) is 5.10 Å². The van der Waals surface area contributed by atoms with Crippen molar-refractivity contribution < 1.29 is 18.4 Å². The summed E-state index contributed by atoms with van der Waals surface area (Å²) in [5, 5.41) is 9.42. The van der Waals surface area contributed by atoms with Gasteiger partial charge in [0.05, 0.1) is 17.6 Å². The molecule has 142 valence electrons. The number of carbonyl (C=O) groups excluding carboxylic acids is 2. The van der Waals surface area contributed by atoms with Gasteiger partial charge < -0.3 is 10.6 Å². The molecular formula is C19H13ClF2N4O2. The van der Waals surface area contributed by atoms with Crippen molar-refractivity contribution in [2.24, 2.45) is 0 Å². The van der Waals surface area contributed by atoms with E-state index in [1.54, 1.807) is 12.1 Å². The molecule has 28 heavy (non-hydrogen) atoms. The van der Waals surface area contributed by atoms with Crippen molar-refractivity contribution in [3.63, 3.8) is 0 Å². The number of carbonyl (C=O) groups is 2. The van der Waals surface area contributed by atoms with Crippen LogP contribution in [0.1, 0.15) is 12.5 Å². The third kappa shape index (κ3) is 3.34. The number of benzene rings is 2. The molecule has 2 amide bonds. The van der Waals surface area contributed by atoms with Crippen LogP contribution in [0.4, 0.5) is 20.3 Å². The normalized spacial score (nSPS) is 15.7. The molecule has 9 heteroatoms. The van der Waals surface area contributed by atoms with Crippen molar-refractivity contribution in [1.29, 1.82) is 0 Å². The lowest BCUT2D eigenvalue weighted by atomic mass is 10.1. The summed E-state index contributed by atoms with van der Waals surface area (Å²) in [4.78, 5) is 24.9. The van der Waals surface area contributed by atoms with Crippen LogP contribution < -0.4 is 10.6 Å². The zero-order valence-corrected chi connectivity index (χ0v) is 15.0. The minimum atomic E-state index is -0.901. The highest BCUT2D eigenvalue weighted by molar-refractivity contribution is 6.31. The molecule has 0 bridgehead atoms. The fourth-order valence-electron chi connectivity index (χ4n) is 3.01. The number of hydrogen-bond donors (Lipinski definition) is 2. The Hall–Kier alpha value is -3.26. The number of nitrogens with one attached hydrogen (secondary N) is 2. The predicted molar refractivity (Wildman–Crippen MR) is 99.9 cm³/mol. The SMILES string of the molecule is O=C1CC(C(=O)Nc2ccc(F)c(Cl)c2)n2ncc(-c3ccc(F)cc3)c2N1. The Balaban J connectivity index is 1.65. The van der Waals surface area contributed by atoms with Gasteiger partial charge >= 0.3 is 0 Å². The molecule has 0 saturated carbocycles. The number of fused-ring (bicyclic) bond motifs is 1. The predicted octanol–water partition coefficient (Wildman–Crippen LogP) is 4.00. The summed E-state index contributed by atoms with van der Waals surface area (Å²) in [5.74, 6) is -1.49. The molecule has 0 saturated heterocycles. The topological polar surface area (TPSA) is 76.0 Å². The van der Waals surface area contributed by atoms with Gasteiger partial charge in [0.25, 0.3) is 0 Å². The molecule has 0 spiro atoms. The average Bonchev–Trinajstić information content (AvgIpc) is 3.08. The van der Waals surface area contributed by atoms with Crippen molar-refractivity contribution in [3.05, 3.63) is 65.3 Å². The molecule has 1 aliphatic heterocycles. The number of hydrogen-bond acceptors (Lipinski definition) is 3. The van der Waals surface area contributed by atoms with Crippen molar-refractivity contribution in [1.82, 2.24) is 9.78 Å². The van der Waals surface area contributed by atoms with Crippen molar-refractivity contribution >= 4 is 34.9 Å². The molecule has 1 atom stereocenters. The van der Waals surface area contributed by atoms with Crippen LogP contribution in [0.2, 0.25) is 5.02 Å². The van der Waals surface area contributed by atoms with Gasteiger partial charge in [-0.25, -0.2) is 13.5 Å². The second-order valence-corrected chi connectivity index (χ2v) is 6.65. The Morgan fingerprint density at radius 2 is 1.96 bits per heavy atom. The summed E-state index contributed by atoms with van der Waals surface area (Å²) in [7, 11) is 0. The number of rotatable bonds is 3. The van der Waals surface area contributed by atoms with Crippen LogP contribution >= 0.6 is 11.6 Å². The van der Waals surface area contributed by atoms with E-state index in [4.69, 9.17) is 11.6 Å². The van der Waals surface area contributed by atoms with E-state index in [0.717, 1.165) is 6.07 Å². The number of nitrogens with zero attached hydrogens (tertiary/aromatic N) is 2. The summed E-state index contributed by atoms with van der Waals surface area (Å²) in [6.45, 7) is 0. The quantitative estimate of drug-likeness (QED) is 0.695. The lowest BCUT2D eigenvalue weighted by molar-refractivity contribution is -0.125. The van der Waals surface area contributed by atoms with Gasteiger partial charge in [0.1, 0.15) is 23.5 Å². The van der Waals surface area contributed by atoms with E-state index < -0.39 is 17.8 Å². The van der Waals surface area contributed by atoms with Gasteiger partial charge in [-0.3, -0.25) is 9.59 Å². The van der Waals surface area contributed by atoms with Gasteiger partial charge in [-0.1, -0.05) is 23.7 Å². The maximum atomic E-state index is 13.3. The molecule has 0 fully saturated rings. The number of halogens is 3. The minimum absolute atomic E-state index is 0.113. The van der Waals surface area contributed by atoms with E-state index in [9.17, 15) is 18.4 Å². The molecular weight excluding hydrogens is 390 g/mol. The van der Waals surface area contributed by atoms with Gasteiger partial charge in [0.15, 0.2) is 0 Å². The Kier molecular flexibility index (Phi) is 4.56. The van der Waals surface area contributed by atoms with E-state index in [-0.39, 0.29) is 23.2 Å². The molecule has 6 nitrogen and oxygen atoms in total. The monoisotopic (exact) mass is 402 g/mol. The van der Waals surface area contributed by atoms with Crippen LogP contribution in [-0.4, -0.2) is 21.6 Å². The van der Waals surface area contributed by atoms with Gasteiger partial charge in [0, 0.05) is 11.3 Å².